The number of fused-ring (bicyclic) bond motifs is 2. The number of benzene rings is 1. The van der Waals surface area contributed by atoms with Crippen molar-refractivity contribution < 1.29 is 18.0 Å². The van der Waals surface area contributed by atoms with Gasteiger partial charge < -0.3 is 20.5 Å². The molecule has 1 aliphatic heterocycles. The number of likely N-dealkylation sites (tertiary alicyclic amines) is 1. The van der Waals surface area contributed by atoms with Gasteiger partial charge in [-0.3, -0.25) is 4.90 Å². The fourth-order valence-corrected chi connectivity index (χ4v) is 6.41. The first-order valence-electron chi connectivity index (χ1n) is 13.5. The van der Waals surface area contributed by atoms with Crippen LogP contribution in [0, 0.1) is 18.3 Å². The van der Waals surface area contributed by atoms with Crippen molar-refractivity contribution in [2.24, 2.45) is 0 Å². The molecule has 0 saturated carbocycles. The summed E-state index contributed by atoms with van der Waals surface area (Å²) in [6, 6.07) is 9.56. The van der Waals surface area contributed by atoms with E-state index in [2.05, 4.69) is 56.5 Å². The Labute approximate surface area is 245 Å². The fourth-order valence-electron chi connectivity index (χ4n) is 5.38. The maximum Gasteiger partial charge on any atom is 0.393 e. The molecule has 13 heteroatoms. The molecule has 2 amide bonds. The molecule has 0 bridgehead atoms. The molecule has 0 spiro atoms. The number of nitriles is 1. The summed E-state index contributed by atoms with van der Waals surface area (Å²) in [5, 5.41) is 20.0. The molecular weight excluding hydrogens is 565 g/mol. The SMILES string of the molecule is C=C(Cn1c(C#N)cc2c(C)c(CN3CCC(Nc4ncnc5sc(CC(F)(F)F)cc45)CC3)ccc21)NC(=O)NC. The van der Waals surface area contributed by atoms with Crippen LogP contribution in [0.2, 0.25) is 0 Å². The first-order chi connectivity index (χ1) is 20.0. The number of urea groups is 1. The van der Waals surface area contributed by atoms with Crippen molar-refractivity contribution in [2.45, 2.75) is 51.5 Å². The molecule has 220 valence electrons. The van der Waals surface area contributed by atoms with Crippen LogP contribution in [0.15, 0.2) is 42.9 Å². The number of allylic oxidation sites excluding steroid dienone is 1. The number of amides is 2. The molecule has 9 nitrogen and oxygen atoms in total. The number of nitrogens with zero attached hydrogens (tertiary/aromatic N) is 5. The molecule has 42 heavy (non-hydrogen) atoms. The van der Waals surface area contributed by atoms with Crippen LogP contribution in [-0.2, 0) is 19.5 Å². The molecule has 0 unspecified atom stereocenters. The summed E-state index contributed by atoms with van der Waals surface area (Å²) in [6.45, 7) is 8.72. The lowest BCUT2D eigenvalue weighted by Crippen LogP contribution is -2.39. The zero-order valence-electron chi connectivity index (χ0n) is 23.3. The third-order valence-corrected chi connectivity index (χ3v) is 8.57. The molecule has 0 radical (unpaired) electrons. The van der Waals surface area contributed by atoms with Gasteiger partial charge >= 0.3 is 12.2 Å². The lowest BCUT2D eigenvalue weighted by Gasteiger charge is -2.33. The van der Waals surface area contributed by atoms with E-state index in [0.29, 0.717) is 27.4 Å². The number of halogens is 3. The van der Waals surface area contributed by atoms with Gasteiger partial charge in [-0.25, -0.2) is 14.8 Å². The normalized spacial score (nSPS) is 14.7. The van der Waals surface area contributed by atoms with E-state index in [0.717, 1.165) is 60.3 Å². The number of aromatic nitrogens is 3. The lowest BCUT2D eigenvalue weighted by atomic mass is 10.0. The van der Waals surface area contributed by atoms with Crippen molar-refractivity contribution in [1.29, 1.82) is 5.26 Å². The summed E-state index contributed by atoms with van der Waals surface area (Å²) in [5.74, 6) is 0.579. The minimum atomic E-state index is -4.26. The predicted molar refractivity (Wildman–Crippen MR) is 157 cm³/mol. The van der Waals surface area contributed by atoms with Crippen LogP contribution in [0.3, 0.4) is 0 Å². The van der Waals surface area contributed by atoms with E-state index in [-0.39, 0.29) is 23.5 Å². The summed E-state index contributed by atoms with van der Waals surface area (Å²) in [6.07, 6.45) is -2.11. The Bertz CT molecular complexity index is 1680. The van der Waals surface area contributed by atoms with Gasteiger partial charge in [-0.2, -0.15) is 18.4 Å². The van der Waals surface area contributed by atoms with Gasteiger partial charge in [0.2, 0.25) is 0 Å². The van der Waals surface area contributed by atoms with Crippen LogP contribution in [0.5, 0.6) is 0 Å². The number of rotatable bonds is 8. The van der Waals surface area contributed by atoms with Gasteiger partial charge in [0, 0.05) is 54.2 Å². The van der Waals surface area contributed by atoms with Crippen LogP contribution < -0.4 is 16.0 Å². The Balaban J connectivity index is 1.24. The predicted octanol–water partition coefficient (Wildman–Crippen LogP) is 5.45. The van der Waals surface area contributed by atoms with E-state index < -0.39 is 12.6 Å². The molecule has 1 aliphatic rings. The van der Waals surface area contributed by atoms with Crippen LogP contribution in [0.4, 0.5) is 23.8 Å². The van der Waals surface area contributed by atoms with Gasteiger partial charge in [-0.1, -0.05) is 12.6 Å². The Kier molecular flexibility index (Phi) is 8.38. The van der Waals surface area contributed by atoms with Gasteiger partial charge in [0.1, 0.15) is 28.7 Å². The molecule has 0 aliphatic carbocycles. The number of thiophene rings is 1. The highest BCUT2D eigenvalue weighted by Crippen LogP contribution is 2.33. The van der Waals surface area contributed by atoms with Crippen LogP contribution in [0.1, 0.15) is 34.5 Å². The standard InChI is InChI=1S/C29H31F3N8OS/c1-17(37-28(41)34-3)14-40-21(13-33)10-23-18(2)19(4-5-25(23)40)15-39-8-6-20(7-9-39)38-26-24-11-22(12-29(30,31)32)42-27(24)36-16-35-26/h4-5,10-11,16,20H,1,6-9,12,14-15H2,2-3H3,(H2,34,37,41)(H,35,36,38). The van der Waals surface area contributed by atoms with E-state index in [1.807, 2.05) is 16.7 Å². The van der Waals surface area contributed by atoms with Gasteiger partial charge in [0.25, 0.3) is 0 Å². The number of carbonyl (C=O) groups is 1. The minimum Gasteiger partial charge on any atom is -0.367 e. The van der Waals surface area contributed by atoms with Crippen LogP contribution in [0.25, 0.3) is 21.1 Å². The number of aryl methyl sites for hydroxylation is 1. The van der Waals surface area contributed by atoms with Crippen molar-refractivity contribution in [3.05, 3.63) is 64.6 Å². The number of anilines is 1. The van der Waals surface area contributed by atoms with E-state index in [1.165, 1.54) is 18.9 Å². The Morgan fingerprint density at radius 2 is 1.98 bits per heavy atom. The smallest absolute Gasteiger partial charge is 0.367 e. The summed E-state index contributed by atoms with van der Waals surface area (Å²) >= 11 is 1.05. The first-order valence-corrected chi connectivity index (χ1v) is 14.3. The number of hydrogen-bond acceptors (Lipinski definition) is 7. The highest BCUT2D eigenvalue weighted by Gasteiger charge is 2.29. The van der Waals surface area contributed by atoms with Crippen molar-refractivity contribution >= 4 is 44.3 Å². The number of hydrogen-bond donors (Lipinski definition) is 3. The van der Waals surface area contributed by atoms with Crippen molar-refractivity contribution in [1.82, 2.24) is 30.1 Å². The number of carbonyl (C=O) groups excluding carboxylic acids is 1. The molecule has 3 N–H and O–H groups in total. The number of nitrogens with one attached hydrogen (secondary N) is 3. The van der Waals surface area contributed by atoms with Crippen LogP contribution >= 0.6 is 11.3 Å². The average Bonchev–Trinajstić information content (AvgIpc) is 3.51. The summed E-state index contributed by atoms with van der Waals surface area (Å²) in [5.41, 5.74) is 4.14. The molecule has 1 fully saturated rings. The molecule has 1 saturated heterocycles. The first kappa shape index (κ1) is 29.3. The zero-order chi connectivity index (χ0) is 30.0. The minimum absolute atomic E-state index is 0.151. The van der Waals surface area contributed by atoms with Crippen LogP contribution in [-0.4, -0.2) is 57.8 Å². The zero-order valence-corrected chi connectivity index (χ0v) is 24.1. The van der Waals surface area contributed by atoms with Crippen molar-refractivity contribution in [3.8, 4) is 6.07 Å². The van der Waals surface area contributed by atoms with Gasteiger partial charge in [-0.15, -0.1) is 11.3 Å². The second-order valence-electron chi connectivity index (χ2n) is 10.5. The summed E-state index contributed by atoms with van der Waals surface area (Å²) in [4.78, 5) is 23.3. The molecule has 3 aromatic heterocycles. The molecular formula is C29H31F3N8OS. The largest absolute Gasteiger partial charge is 0.393 e. The molecule has 4 aromatic rings. The Morgan fingerprint density at radius 3 is 2.67 bits per heavy atom. The highest BCUT2D eigenvalue weighted by atomic mass is 32.1. The van der Waals surface area contributed by atoms with E-state index in [1.54, 1.807) is 6.07 Å². The quantitative estimate of drug-likeness (QED) is 0.250. The Hall–Kier alpha value is -4.15. The van der Waals surface area contributed by atoms with Gasteiger partial charge in [0.15, 0.2) is 0 Å². The third kappa shape index (κ3) is 6.50. The Morgan fingerprint density at radius 1 is 1.21 bits per heavy atom. The fraction of sp³-hybridized carbons (Fsp3) is 0.379. The topological polar surface area (TPSA) is 111 Å². The number of alkyl halides is 3. The maximum atomic E-state index is 12.9. The molecule has 1 aromatic carbocycles. The molecule has 4 heterocycles. The average molecular weight is 597 g/mol. The molecule has 5 rings (SSSR count). The summed E-state index contributed by atoms with van der Waals surface area (Å²) < 4.78 is 40.5. The highest BCUT2D eigenvalue weighted by molar-refractivity contribution is 7.18. The second kappa shape index (κ2) is 12.0. The van der Waals surface area contributed by atoms with E-state index in [9.17, 15) is 23.2 Å². The molecule has 0 atom stereocenters. The maximum absolute atomic E-state index is 12.9. The van der Waals surface area contributed by atoms with E-state index in [4.69, 9.17) is 0 Å². The summed E-state index contributed by atoms with van der Waals surface area (Å²) in [7, 11) is 1.53. The van der Waals surface area contributed by atoms with E-state index >= 15 is 0 Å². The number of piperidine rings is 1. The van der Waals surface area contributed by atoms with Gasteiger partial charge in [0.05, 0.1) is 18.4 Å². The van der Waals surface area contributed by atoms with Crippen molar-refractivity contribution in [3.63, 3.8) is 0 Å². The van der Waals surface area contributed by atoms with Gasteiger partial charge in [-0.05, 0) is 49.1 Å². The monoisotopic (exact) mass is 596 g/mol. The third-order valence-electron chi connectivity index (χ3n) is 7.53. The lowest BCUT2D eigenvalue weighted by molar-refractivity contribution is -0.126. The second-order valence-corrected chi connectivity index (χ2v) is 11.6. The van der Waals surface area contributed by atoms with Crippen molar-refractivity contribution in [2.75, 3.05) is 25.5 Å².